The highest BCUT2D eigenvalue weighted by Gasteiger charge is 2.62. The van der Waals surface area contributed by atoms with E-state index < -0.39 is 58.1 Å². The number of hydrogen-bond donors (Lipinski definition) is 4. The maximum absolute atomic E-state index is 14.7. The molecule has 4 atom stereocenters. The summed E-state index contributed by atoms with van der Waals surface area (Å²) in [6.07, 6.45) is 1.43. The molecule has 1 aromatic rings. The molecule has 0 aromatic heterocycles. The van der Waals surface area contributed by atoms with Crippen molar-refractivity contribution < 1.29 is 34.1 Å². The van der Waals surface area contributed by atoms with Crippen molar-refractivity contribution >= 4 is 23.2 Å². The topological polar surface area (TPSA) is 141 Å². The van der Waals surface area contributed by atoms with E-state index >= 15 is 0 Å². The van der Waals surface area contributed by atoms with Gasteiger partial charge in [-0.15, -0.1) is 0 Å². The molecule has 4 rings (SSSR count). The number of nitrogens with two attached hydrogens (primary N) is 1. The van der Waals surface area contributed by atoms with Gasteiger partial charge in [0.15, 0.2) is 5.60 Å². The molecule has 1 amide bonds. The van der Waals surface area contributed by atoms with E-state index in [1.807, 2.05) is 0 Å². The first-order chi connectivity index (χ1) is 14.4. The second-order valence-corrected chi connectivity index (χ2v) is 8.71. The molecule has 3 aliphatic rings. The third kappa shape index (κ3) is 2.69. The summed E-state index contributed by atoms with van der Waals surface area (Å²) in [5.74, 6) is -6.51. The fourth-order valence-electron chi connectivity index (χ4n) is 5.21. The number of fused-ring (bicyclic) bond motifs is 3. The Labute approximate surface area is 177 Å². The van der Waals surface area contributed by atoms with Gasteiger partial charge in [0.2, 0.25) is 11.6 Å². The monoisotopic (exact) mass is 430 g/mol. The average molecular weight is 430 g/mol. The Morgan fingerprint density at radius 1 is 1.26 bits per heavy atom. The van der Waals surface area contributed by atoms with E-state index in [0.29, 0.717) is 0 Å². The standard InChI is InChI=1S/C22H23FN2O6/c1-8-4-13(23)10-5-9-6-12-14(25(2)3)7-11(21(24)30)19(28)22(12,31)20(29)15(9)18(27)16(10)17(8)26/h4,7,9,12,14,26-27,31H,5-6H2,1-3H3,(H2,24,30)/t9-,12-,14+,22+/m0/s1. The minimum atomic E-state index is -2.61. The quantitative estimate of drug-likeness (QED) is 0.396. The van der Waals surface area contributed by atoms with Gasteiger partial charge in [0.25, 0.3) is 5.91 Å². The molecule has 0 saturated heterocycles. The van der Waals surface area contributed by atoms with Crippen LogP contribution in [0.25, 0.3) is 5.76 Å². The number of phenolic OH excluding ortho intramolecular Hbond substituents is 1. The van der Waals surface area contributed by atoms with E-state index in [9.17, 15) is 34.1 Å². The first kappa shape index (κ1) is 21.2. The molecule has 31 heavy (non-hydrogen) atoms. The van der Waals surface area contributed by atoms with Crippen LogP contribution in [0.2, 0.25) is 0 Å². The maximum Gasteiger partial charge on any atom is 0.252 e. The highest BCUT2D eigenvalue weighted by Crippen LogP contribution is 2.51. The lowest BCUT2D eigenvalue weighted by Gasteiger charge is -2.49. The summed E-state index contributed by atoms with van der Waals surface area (Å²) in [5, 5.41) is 32.7. The zero-order chi connectivity index (χ0) is 23.0. The zero-order valence-corrected chi connectivity index (χ0v) is 17.3. The number of aromatic hydroxyl groups is 1. The van der Waals surface area contributed by atoms with Gasteiger partial charge in [-0.25, -0.2) is 4.39 Å². The van der Waals surface area contributed by atoms with Crippen molar-refractivity contribution in [2.75, 3.05) is 14.1 Å². The van der Waals surface area contributed by atoms with Crippen molar-refractivity contribution in [1.82, 2.24) is 4.90 Å². The van der Waals surface area contributed by atoms with Gasteiger partial charge in [0.1, 0.15) is 17.3 Å². The van der Waals surface area contributed by atoms with Gasteiger partial charge < -0.3 is 26.0 Å². The number of ketones is 2. The van der Waals surface area contributed by atoms with Crippen LogP contribution in [-0.2, 0) is 20.8 Å². The Morgan fingerprint density at radius 2 is 1.90 bits per heavy atom. The Hall–Kier alpha value is -3.04. The summed E-state index contributed by atoms with van der Waals surface area (Å²) in [7, 11) is 3.33. The van der Waals surface area contributed by atoms with Gasteiger partial charge in [-0.1, -0.05) is 6.08 Å². The number of Topliss-reactive ketones (excluding diaryl/α,β-unsaturated/α-hetero) is 2. The van der Waals surface area contributed by atoms with Crippen LogP contribution in [0.4, 0.5) is 4.39 Å². The number of halogens is 1. The highest BCUT2D eigenvalue weighted by atomic mass is 19.1. The van der Waals surface area contributed by atoms with Crippen LogP contribution >= 0.6 is 0 Å². The molecular formula is C22H23FN2O6. The first-order valence-corrected chi connectivity index (χ1v) is 9.85. The molecule has 0 spiro atoms. The maximum atomic E-state index is 14.7. The predicted octanol–water partition coefficient (Wildman–Crippen LogP) is 0.526. The molecule has 164 valence electrons. The molecule has 8 nitrogen and oxygen atoms in total. The SMILES string of the molecule is Cc1cc(F)c2c(c1O)C(O)=C1C(=O)[C@]3(O)C(=O)C(C(N)=O)=C[C@@H](N(C)C)[C@@H]3C[C@@H]1C2. The van der Waals surface area contributed by atoms with Crippen LogP contribution in [0.15, 0.2) is 23.3 Å². The van der Waals surface area contributed by atoms with Crippen molar-refractivity contribution in [2.24, 2.45) is 17.6 Å². The number of likely N-dealkylation sites (N-methyl/N-ethyl adjacent to an activating group) is 1. The third-order valence-electron chi connectivity index (χ3n) is 6.76. The zero-order valence-electron chi connectivity index (χ0n) is 17.3. The molecule has 0 heterocycles. The number of carbonyl (C=O) groups excluding carboxylic acids is 3. The van der Waals surface area contributed by atoms with E-state index in [0.717, 1.165) is 6.07 Å². The number of aliphatic hydroxyl groups is 2. The minimum Gasteiger partial charge on any atom is -0.507 e. The molecule has 0 unspecified atom stereocenters. The number of primary amides is 1. The van der Waals surface area contributed by atoms with Crippen molar-refractivity contribution in [1.29, 1.82) is 0 Å². The van der Waals surface area contributed by atoms with Crippen molar-refractivity contribution in [2.45, 2.75) is 31.4 Å². The predicted molar refractivity (Wildman–Crippen MR) is 107 cm³/mol. The number of amides is 1. The highest BCUT2D eigenvalue weighted by molar-refractivity contribution is 6.32. The smallest absolute Gasteiger partial charge is 0.252 e. The second-order valence-electron chi connectivity index (χ2n) is 8.71. The van der Waals surface area contributed by atoms with E-state index in [-0.39, 0.29) is 40.9 Å². The van der Waals surface area contributed by atoms with Gasteiger partial charge in [0, 0.05) is 23.1 Å². The van der Waals surface area contributed by atoms with Crippen LogP contribution in [0.5, 0.6) is 5.75 Å². The molecule has 9 heteroatoms. The summed E-state index contributed by atoms with van der Waals surface area (Å²) in [5.41, 5.74) is 2.01. The summed E-state index contributed by atoms with van der Waals surface area (Å²) < 4.78 is 14.7. The minimum absolute atomic E-state index is 0.00739. The van der Waals surface area contributed by atoms with Crippen LogP contribution in [0.3, 0.4) is 0 Å². The number of rotatable bonds is 2. The van der Waals surface area contributed by atoms with Gasteiger partial charge in [-0.2, -0.15) is 0 Å². The number of hydrogen-bond acceptors (Lipinski definition) is 7. The lowest BCUT2D eigenvalue weighted by molar-refractivity contribution is -0.160. The first-order valence-electron chi connectivity index (χ1n) is 9.85. The molecule has 0 radical (unpaired) electrons. The Bertz CT molecular complexity index is 1120. The van der Waals surface area contributed by atoms with Gasteiger partial charge in [0.05, 0.1) is 11.1 Å². The average Bonchev–Trinajstić information content (AvgIpc) is 2.68. The molecule has 1 saturated carbocycles. The number of aliphatic hydroxyl groups excluding tert-OH is 1. The Balaban J connectivity index is 1.95. The molecule has 5 N–H and O–H groups in total. The fraction of sp³-hybridized carbons (Fsp3) is 0.409. The molecule has 0 aliphatic heterocycles. The molecule has 1 aromatic carbocycles. The number of carbonyl (C=O) groups is 3. The molecular weight excluding hydrogens is 407 g/mol. The van der Waals surface area contributed by atoms with E-state index in [1.54, 1.807) is 19.0 Å². The largest absolute Gasteiger partial charge is 0.507 e. The lowest BCUT2D eigenvalue weighted by atomic mass is 9.57. The Kier molecular flexibility index (Phi) is 4.60. The second kappa shape index (κ2) is 6.73. The summed E-state index contributed by atoms with van der Waals surface area (Å²) >= 11 is 0. The lowest BCUT2D eigenvalue weighted by Crippen LogP contribution is -2.66. The fourth-order valence-corrected chi connectivity index (χ4v) is 5.21. The number of nitrogens with zero attached hydrogens (tertiary/aromatic N) is 1. The normalized spacial score (nSPS) is 30.0. The van der Waals surface area contributed by atoms with Gasteiger partial charge in [-0.05, 0) is 51.4 Å². The molecule has 1 fully saturated rings. The van der Waals surface area contributed by atoms with Crippen molar-refractivity contribution in [3.05, 3.63) is 45.8 Å². The molecule has 0 bridgehead atoms. The summed E-state index contributed by atoms with van der Waals surface area (Å²) in [4.78, 5) is 40.0. The summed E-state index contributed by atoms with van der Waals surface area (Å²) in [6.45, 7) is 1.45. The van der Waals surface area contributed by atoms with E-state index in [4.69, 9.17) is 5.73 Å². The van der Waals surface area contributed by atoms with E-state index in [2.05, 4.69) is 0 Å². The number of benzene rings is 1. The van der Waals surface area contributed by atoms with Gasteiger partial charge in [-0.3, -0.25) is 14.4 Å². The van der Waals surface area contributed by atoms with Crippen LogP contribution < -0.4 is 5.73 Å². The van der Waals surface area contributed by atoms with E-state index in [1.165, 1.54) is 13.0 Å². The van der Waals surface area contributed by atoms with Crippen molar-refractivity contribution in [3.63, 3.8) is 0 Å². The Morgan fingerprint density at radius 3 is 2.48 bits per heavy atom. The number of phenols is 1. The van der Waals surface area contributed by atoms with Gasteiger partial charge >= 0.3 is 0 Å². The summed E-state index contributed by atoms with van der Waals surface area (Å²) in [6, 6.07) is 0.484. The van der Waals surface area contributed by atoms with Crippen LogP contribution in [0, 0.1) is 24.6 Å². The number of aryl methyl sites for hydroxylation is 1. The third-order valence-corrected chi connectivity index (χ3v) is 6.76. The van der Waals surface area contributed by atoms with Crippen LogP contribution in [-0.4, -0.2) is 63.4 Å². The van der Waals surface area contributed by atoms with Crippen LogP contribution in [0.1, 0.15) is 23.1 Å². The molecule has 3 aliphatic carbocycles. The van der Waals surface area contributed by atoms with Crippen molar-refractivity contribution in [3.8, 4) is 5.75 Å².